The summed E-state index contributed by atoms with van der Waals surface area (Å²) < 4.78 is 5.15. The summed E-state index contributed by atoms with van der Waals surface area (Å²) in [5.74, 6) is 0.338. The third-order valence-electron chi connectivity index (χ3n) is 2.68. The molecular weight excluding hydrogens is 256 g/mol. The second-order valence-corrected chi connectivity index (χ2v) is 4.39. The molecule has 2 rings (SSSR count). The summed E-state index contributed by atoms with van der Waals surface area (Å²) in [6.45, 7) is 3.68. The number of carbonyl (C=O) groups excluding carboxylic acids is 1. The number of carbonyl (C=O) groups is 1. The monoisotopic (exact) mass is 272 g/mol. The molecule has 0 aliphatic carbocycles. The number of aryl methyl sites for hydroxylation is 2. The summed E-state index contributed by atoms with van der Waals surface area (Å²) in [5, 5.41) is 2.65. The first kappa shape index (κ1) is 13.8. The van der Waals surface area contributed by atoms with Crippen LogP contribution in [0, 0.1) is 13.8 Å². The molecule has 0 spiro atoms. The van der Waals surface area contributed by atoms with E-state index in [1.807, 2.05) is 19.9 Å². The summed E-state index contributed by atoms with van der Waals surface area (Å²) in [6, 6.07) is 6.67. The Labute approximate surface area is 117 Å². The molecule has 2 aromatic rings. The van der Waals surface area contributed by atoms with Crippen LogP contribution < -0.4 is 15.8 Å². The number of hydrogen-bond acceptors (Lipinski definition) is 5. The van der Waals surface area contributed by atoms with Crippen LogP contribution in [0.25, 0.3) is 0 Å². The van der Waals surface area contributed by atoms with Gasteiger partial charge in [-0.1, -0.05) is 0 Å². The maximum atomic E-state index is 12.2. The molecule has 3 N–H and O–H groups in total. The minimum absolute atomic E-state index is 0.270. The van der Waals surface area contributed by atoms with E-state index in [0.717, 1.165) is 11.4 Å². The maximum absolute atomic E-state index is 12.2. The molecule has 0 bridgehead atoms. The van der Waals surface area contributed by atoms with E-state index in [1.54, 1.807) is 18.2 Å². The fourth-order valence-corrected chi connectivity index (χ4v) is 1.85. The van der Waals surface area contributed by atoms with E-state index in [2.05, 4.69) is 15.3 Å². The standard InChI is InChI=1S/C14H16N4O2/c1-8-6-9(2)17-14(16-8)18-13(19)11-5-4-10(15)7-12(11)20-3/h4-7H,15H2,1-3H3,(H,16,17,18,19). The number of nitrogen functional groups attached to an aromatic ring is 1. The van der Waals surface area contributed by atoms with E-state index in [0.29, 0.717) is 17.0 Å². The zero-order valence-corrected chi connectivity index (χ0v) is 11.6. The van der Waals surface area contributed by atoms with Crippen LogP contribution in [-0.2, 0) is 0 Å². The van der Waals surface area contributed by atoms with Gasteiger partial charge >= 0.3 is 0 Å². The van der Waals surface area contributed by atoms with Crippen molar-refractivity contribution >= 4 is 17.5 Å². The largest absolute Gasteiger partial charge is 0.496 e. The predicted octanol–water partition coefficient (Wildman–Crippen LogP) is 1.94. The summed E-state index contributed by atoms with van der Waals surface area (Å²) in [5.41, 5.74) is 8.14. The normalized spacial score (nSPS) is 10.2. The lowest BCUT2D eigenvalue weighted by atomic mass is 10.1. The van der Waals surface area contributed by atoms with Gasteiger partial charge in [0.1, 0.15) is 5.75 Å². The molecule has 0 fully saturated rings. The highest BCUT2D eigenvalue weighted by Crippen LogP contribution is 2.22. The Morgan fingerprint density at radius 3 is 2.45 bits per heavy atom. The molecule has 0 radical (unpaired) electrons. The van der Waals surface area contributed by atoms with Crippen LogP contribution in [-0.4, -0.2) is 23.0 Å². The number of ether oxygens (including phenoxy) is 1. The zero-order valence-electron chi connectivity index (χ0n) is 11.6. The number of hydrogen-bond donors (Lipinski definition) is 2. The molecule has 0 saturated heterocycles. The van der Waals surface area contributed by atoms with Crippen molar-refractivity contribution in [2.75, 3.05) is 18.2 Å². The Bertz CT molecular complexity index is 635. The first-order chi connectivity index (χ1) is 9.49. The van der Waals surface area contributed by atoms with Gasteiger partial charge < -0.3 is 10.5 Å². The van der Waals surface area contributed by atoms with Gasteiger partial charge in [0.05, 0.1) is 12.7 Å². The Hall–Kier alpha value is -2.63. The maximum Gasteiger partial charge on any atom is 0.261 e. The number of aromatic nitrogens is 2. The molecule has 104 valence electrons. The average molecular weight is 272 g/mol. The molecule has 0 atom stereocenters. The smallest absolute Gasteiger partial charge is 0.261 e. The zero-order chi connectivity index (χ0) is 14.7. The lowest BCUT2D eigenvalue weighted by Gasteiger charge is -2.09. The molecule has 1 heterocycles. The lowest BCUT2D eigenvalue weighted by Crippen LogP contribution is -2.16. The van der Waals surface area contributed by atoms with Crippen LogP contribution >= 0.6 is 0 Å². The molecule has 6 heteroatoms. The molecule has 0 saturated carbocycles. The van der Waals surface area contributed by atoms with Crippen molar-refractivity contribution in [1.29, 1.82) is 0 Å². The quantitative estimate of drug-likeness (QED) is 0.833. The number of nitrogens with two attached hydrogens (primary N) is 1. The van der Waals surface area contributed by atoms with Gasteiger partial charge in [-0.05, 0) is 32.0 Å². The van der Waals surface area contributed by atoms with Crippen molar-refractivity contribution in [3.8, 4) is 5.75 Å². The molecule has 6 nitrogen and oxygen atoms in total. The first-order valence-electron chi connectivity index (χ1n) is 6.06. The van der Waals surface area contributed by atoms with E-state index >= 15 is 0 Å². The van der Waals surface area contributed by atoms with Crippen LogP contribution in [0.4, 0.5) is 11.6 Å². The number of benzene rings is 1. The van der Waals surface area contributed by atoms with E-state index in [-0.39, 0.29) is 11.9 Å². The number of methoxy groups -OCH3 is 1. The molecule has 1 aromatic heterocycles. The number of rotatable bonds is 3. The van der Waals surface area contributed by atoms with E-state index < -0.39 is 0 Å². The van der Waals surface area contributed by atoms with Gasteiger partial charge in [0.15, 0.2) is 0 Å². The number of nitrogens with zero attached hydrogens (tertiary/aromatic N) is 2. The van der Waals surface area contributed by atoms with Crippen molar-refractivity contribution in [1.82, 2.24) is 9.97 Å². The Morgan fingerprint density at radius 1 is 1.20 bits per heavy atom. The fourth-order valence-electron chi connectivity index (χ4n) is 1.85. The van der Waals surface area contributed by atoms with Gasteiger partial charge in [-0.3, -0.25) is 10.1 Å². The van der Waals surface area contributed by atoms with Gasteiger partial charge in [-0.2, -0.15) is 0 Å². The van der Waals surface area contributed by atoms with Crippen LogP contribution in [0.15, 0.2) is 24.3 Å². The molecule has 0 unspecified atom stereocenters. The summed E-state index contributed by atoms with van der Waals surface area (Å²) >= 11 is 0. The molecule has 0 aliphatic rings. The summed E-state index contributed by atoms with van der Waals surface area (Å²) in [6.07, 6.45) is 0. The van der Waals surface area contributed by atoms with Gasteiger partial charge in [-0.25, -0.2) is 9.97 Å². The molecule has 1 amide bonds. The third-order valence-corrected chi connectivity index (χ3v) is 2.68. The molecular formula is C14H16N4O2. The highest BCUT2D eigenvalue weighted by atomic mass is 16.5. The highest BCUT2D eigenvalue weighted by Gasteiger charge is 2.14. The summed E-state index contributed by atoms with van der Waals surface area (Å²) in [7, 11) is 1.48. The lowest BCUT2D eigenvalue weighted by molar-refractivity contribution is 0.102. The van der Waals surface area contributed by atoms with Gasteiger partial charge in [0.25, 0.3) is 5.91 Å². The van der Waals surface area contributed by atoms with Crippen molar-refractivity contribution in [2.24, 2.45) is 0 Å². The molecule has 20 heavy (non-hydrogen) atoms. The Kier molecular flexibility index (Phi) is 3.84. The topological polar surface area (TPSA) is 90.1 Å². The van der Waals surface area contributed by atoms with Crippen LogP contribution in [0.5, 0.6) is 5.75 Å². The van der Waals surface area contributed by atoms with E-state index in [4.69, 9.17) is 10.5 Å². The van der Waals surface area contributed by atoms with Crippen LogP contribution in [0.3, 0.4) is 0 Å². The molecule has 1 aromatic carbocycles. The van der Waals surface area contributed by atoms with Gasteiger partial charge in [0, 0.05) is 23.1 Å². The van der Waals surface area contributed by atoms with Gasteiger partial charge in [-0.15, -0.1) is 0 Å². The Morgan fingerprint density at radius 2 is 1.85 bits per heavy atom. The fraction of sp³-hybridized carbons (Fsp3) is 0.214. The van der Waals surface area contributed by atoms with Gasteiger partial charge in [0.2, 0.25) is 5.95 Å². The number of amides is 1. The highest BCUT2D eigenvalue weighted by molar-refractivity contribution is 6.05. The number of anilines is 2. The van der Waals surface area contributed by atoms with E-state index in [9.17, 15) is 4.79 Å². The van der Waals surface area contributed by atoms with Crippen molar-refractivity contribution in [2.45, 2.75) is 13.8 Å². The van der Waals surface area contributed by atoms with E-state index in [1.165, 1.54) is 7.11 Å². The number of nitrogens with one attached hydrogen (secondary N) is 1. The molecule has 0 aliphatic heterocycles. The third kappa shape index (κ3) is 3.03. The summed E-state index contributed by atoms with van der Waals surface area (Å²) in [4.78, 5) is 20.5. The Balaban J connectivity index is 2.28. The minimum atomic E-state index is -0.341. The minimum Gasteiger partial charge on any atom is -0.496 e. The second-order valence-electron chi connectivity index (χ2n) is 4.39. The van der Waals surface area contributed by atoms with Crippen LogP contribution in [0.2, 0.25) is 0 Å². The van der Waals surface area contributed by atoms with Crippen molar-refractivity contribution in [3.05, 3.63) is 41.2 Å². The average Bonchev–Trinajstić information content (AvgIpc) is 2.37. The second kappa shape index (κ2) is 5.56. The predicted molar refractivity (Wildman–Crippen MR) is 76.9 cm³/mol. The van der Waals surface area contributed by atoms with Crippen LogP contribution in [0.1, 0.15) is 21.7 Å². The SMILES string of the molecule is COc1cc(N)ccc1C(=O)Nc1nc(C)cc(C)n1. The van der Waals surface area contributed by atoms with Crippen molar-refractivity contribution in [3.63, 3.8) is 0 Å². The van der Waals surface area contributed by atoms with Crippen molar-refractivity contribution < 1.29 is 9.53 Å². The first-order valence-corrected chi connectivity index (χ1v) is 6.06.